The Morgan fingerprint density at radius 3 is 2.65 bits per heavy atom. The summed E-state index contributed by atoms with van der Waals surface area (Å²) in [5, 5.41) is 1.18. The summed E-state index contributed by atoms with van der Waals surface area (Å²) in [6.07, 6.45) is 2.57. The van der Waals surface area contributed by atoms with Gasteiger partial charge in [0, 0.05) is 23.1 Å². The summed E-state index contributed by atoms with van der Waals surface area (Å²) in [5.41, 5.74) is 2.01. The maximum absolute atomic E-state index is 6.17. The number of benzene rings is 1. The van der Waals surface area contributed by atoms with Crippen molar-refractivity contribution in [2.24, 2.45) is 0 Å². The van der Waals surface area contributed by atoms with Gasteiger partial charge in [0.05, 0.1) is 10.0 Å². The molecule has 0 aliphatic rings. The number of rotatable bonds is 3. The van der Waals surface area contributed by atoms with Crippen LogP contribution in [0.2, 0.25) is 10.0 Å². The average molecular weight is 331 g/mol. The van der Waals surface area contributed by atoms with Crippen molar-refractivity contribution in [2.75, 3.05) is 0 Å². The molecule has 1 aromatic heterocycles. The largest absolute Gasteiger partial charge is 0.261 e. The normalized spacial score (nSPS) is 12.4. The Labute approximate surface area is 119 Å². The van der Waals surface area contributed by atoms with Crippen molar-refractivity contribution in [3.63, 3.8) is 0 Å². The molecule has 2 rings (SSSR count). The SMILES string of the molecule is Clc1cccc(C(Br)Cc2ccccn2)c1Cl. The first-order valence-electron chi connectivity index (χ1n) is 5.16. The van der Waals surface area contributed by atoms with Crippen LogP contribution in [-0.4, -0.2) is 4.98 Å². The number of pyridine rings is 1. The lowest BCUT2D eigenvalue weighted by Crippen LogP contribution is -1.98. The second-order valence-corrected chi connectivity index (χ2v) is 5.53. The predicted octanol–water partition coefficient (Wildman–Crippen LogP) is 5.07. The van der Waals surface area contributed by atoms with Crippen LogP contribution in [0.5, 0.6) is 0 Å². The Kier molecular flexibility index (Phi) is 4.43. The van der Waals surface area contributed by atoms with Crippen LogP contribution in [0.15, 0.2) is 42.6 Å². The minimum Gasteiger partial charge on any atom is -0.261 e. The molecule has 0 saturated heterocycles. The molecule has 1 nitrogen and oxygen atoms in total. The lowest BCUT2D eigenvalue weighted by molar-refractivity contribution is 0.905. The maximum atomic E-state index is 6.17. The second-order valence-electron chi connectivity index (χ2n) is 3.64. The minimum absolute atomic E-state index is 0.114. The zero-order valence-corrected chi connectivity index (χ0v) is 12.0. The summed E-state index contributed by atoms with van der Waals surface area (Å²) in [4.78, 5) is 4.40. The molecule has 0 fully saturated rings. The zero-order valence-electron chi connectivity index (χ0n) is 8.91. The van der Waals surface area contributed by atoms with Gasteiger partial charge >= 0.3 is 0 Å². The quantitative estimate of drug-likeness (QED) is 0.716. The van der Waals surface area contributed by atoms with Crippen LogP contribution < -0.4 is 0 Å². The van der Waals surface area contributed by atoms with Gasteiger partial charge in [-0.1, -0.05) is 57.3 Å². The van der Waals surface area contributed by atoms with Crippen molar-refractivity contribution >= 4 is 39.1 Å². The van der Waals surface area contributed by atoms with E-state index in [4.69, 9.17) is 23.2 Å². The Bertz CT molecular complexity index is 502. The lowest BCUT2D eigenvalue weighted by atomic mass is 10.1. The Hall–Kier alpha value is -0.570. The van der Waals surface area contributed by atoms with Crippen molar-refractivity contribution in [3.8, 4) is 0 Å². The van der Waals surface area contributed by atoms with E-state index in [2.05, 4.69) is 20.9 Å². The summed E-state index contributed by atoms with van der Waals surface area (Å²) in [6.45, 7) is 0. The van der Waals surface area contributed by atoms with E-state index in [0.717, 1.165) is 17.7 Å². The van der Waals surface area contributed by atoms with Gasteiger partial charge < -0.3 is 0 Å². The van der Waals surface area contributed by atoms with E-state index >= 15 is 0 Å². The van der Waals surface area contributed by atoms with Gasteiger partial charge in [0.1, 0.15) is 0 Å². The van der Waals surface area contributed by atoms with Gasteiger partial charge in [0.15, 0.2) is 0 Å². The molecular weight excluding hydrogens is 321 g/mol. The van der Waals surface area contributed by atoms with Crippen LogP contribution in [0.25, 0.3) is 0 Å². The molecule has 0 amide bonds. The Morgan fingerprint density at radius 2 is 1.94 bits per heavy atom. The summed E-state index contributed by atoms with van der Waals surface area (Å²) < 4.78 is 0. The topological polar surface area (TPSA) is 12.9 Å². The van der Waals surface area contributed by atoms with E-state index in [0.29, 0.717) is 10.0 Å². The molecule has 1 unspecified atom stereocenters. The molecular formula is C13H10BrCl2N. The molecule has 0 saturated carbocycles. The average Bonchev–Trinajstić information content (AvgIpc) is 2.34. The van der Waals surface area contributed by atoms with Gasteiger partial charge in [-0.15, -0.1) is 0 Å². The van der Waals surface area contributed by atoms with Crippen molar-refractivity contribution in [3.05, 3.63) is 63.9 Å². The summed E-state index contributed by atoms with van der Waals surface area (Å²) in [5.74, 6) is 0. The first-order chi connectivity index (χ1) is 8.18. The van der Waals surface area contributed by atoms with E-state index in [9.17, 15) is 0 Å². The molecule has 0 N–H and O–H groups in total. The Balaban J connectivity index is 2.20. The third-order valence-electron chi connectivity index (χ3n) is 2.43. The highest BCUT2D eigenvalue weighted by Crippen LogP contribution is 2.35. The third kappa shape index (κ3) is 3.21. The first kappa shape index (κ1) is 12.9. The summed E-state index contributed by atoms with van der Waals surface area (Å²) >= 11 is 15.8. The fourth-order valence-electron chi connectivity index (χ4n) is 1.57. The molecule has 0 aliphatic carbocycles. The van der Waals surface area contributed by atoms with E-state index in [1.807, 2.05) is 30.3 Å². The van der Waals surface area contributed by atoms with E-state index < -0.39 is 0 Å². The molecule has 0 bridgehead atoms. The summed E-state index contributed by atoms with van der Waals surface area (Å²) in [6, 6.07) is 11.5. The number of aromatic nitrogens is 1. The maximum Gasteiger partial charge on any atom is 0.0635 e. The zero-order chi connectivity index (χ0) is 12.3. The fourth-order valence-corrected chi connectivity index (χ4v) is 2.86. The van der Waals surface area contributed by atoms with Crippen LogP contribution in [0.1, 0.15) is 16.1 Å². The van der Waals surface area contributed by atoms with Gasteiger partial charge in [-0.05, 0) is 23.8 Å². The van der Waals surface area contributed by atoms with Crippen LogP contribution in [0, 0.1) is 0 Å². The van der Waals surface area contributed by atoms with Crippen molar-refractivity contribution < 1.29 is 0 Å². The second kappa shape index (κ2) is 5.85. The first-order valence-corrected chi connectivity index (χ1v) is 6.83. The van der Waals surface area contributed by atoms with Gasteiger partial charge in [0.2, 0.25) is 0 Å². The van der Waals surface area contributed by atoms with E-state index in [1.165, 1.54) is 0 Å². The molecule has 0 radical (unpaired) electrons. The summed E-state index contributed by atoms with van der Waals surface area (Å²) in [7, 11) is 0. The van der Waals surface area contributed by atoms with Crippen LogP contribution in [-0.2, 0) is 6.42 Å². The monoisotopic (exact) mass is 329 g/mol. The van der Waals surface area contributed by atoms with Gasteiger partial charge in [-0.3, -0.25) is 4.98 Å². The number of alkyl halides is 1. The Morgan fingerprint density at radius 1 is 1.12 bits per heavy atom. The van der Waals surface area contributed by atoms with E-state index in [-0.39, 0.29) is 4.83 Å². The van der Waals surface area contributed by atoms with Gasteiger partial charge in [0.25, 0.3) is 0 Å². The molecule has 4 heteroatoms. The smallest absolute Gasteiger partial charge is 0.0635 e. The number of halogens is 3. The number of hydrogen-bond donors (Lipinski definition) is 0. The highest BCUT2D eigenvalue weighted by molar-refractivity contribution is 9.09. The number of nitrogens with zero attached hydrogens (tertiary/aromatic N) is 1. The highest BCUT2D eigenvalue weighted by Gasteiger charge is 2.14. The van der Waals surface area contributed by atoms with Crippen molar-refractivity contribution in [2.45, 2.75) is 11.2 Å². The van der Waals surface area contributed by atoms with Gasteiger partial charge in [-0.25, -0.2) is 0 Å². The molecule has 1 aromatic carbocycles. The van der Waals surface area contributed by atoms with Crippen molar-refractivity contribution in [1.82, 2.24) is 4.98 Å². The standard InChI is InChI=1S/C13H10BrCl2N/c14-11(8-9-4-1-2-7-17-9)10-5-3-6-12(15)13(10)16/h1-7,11H,8H2. The van der Waals surface area contributed by atoms with Crippen molar-refractivity contribution in [1.29, 1.82) is 0 Å². The fraction of sp³-hybridized carbons (Fsp3) is 0.154. The van der Waals surface area contributed by atoms with Crippen LogP contribution in [0.3, 0.4) is 0 Å². The molecule has 0 aliphatic heterocycles. The molecule has 0 spiro atoms. The lowest BCUT2D eigenvalue weighted by Gasteiger charge is -2.12. The van der Waals surface area contributed by atoms with E-state index in [1.54, 1.807) is 12.3 Å². The molecule has 17 heavy (non-hydrogen) atoms. The van der Waals surface area contributed by atoms with Crippen LogP contribution >= 0.6 is 39.1 Å². The molecule has 2 aromatic rings. The minimum atomic E-state index is 0.114. The molecule has 88 valence electrons. The highest BCUT2D eigenvalue weighted by atomic mass is 79.9. The molecule has 1 atom stereocenters. The third-order valence-corrected chi connectivity index (χ3v) is 4.08. The predicted molar refractivity (Wildman–Crippen MR) is 76.1 cm³/mol. The number of hydrogen-bond acceptors (Lipinski definition) is 1. The van der Waals surface area contributed by atoms with Gasteiger partial charge in [-0.2, -0.15) is 0 Å². The molecule has 1 heterocycles. The van der Waals surface area contributed by atoms with Crippen LogP contribution in [0.4, 0.5) is 0 Å².